The molecule has 0 unspecified atom stereocenters. The number of rotatable bonds is 34. The molecule has 0 fully saturated rings. The molecule has 0 aliphatic carbocycles. The molecule has 0 heterocycles. The van der Waals surface area contributed by atoms with Crippen molar-refractivity contribution < 1.29 is 9.47 Å². The minimum atomic E-state index is -0.0691. The van der Waals surface area contributed by atoms with Gasteiger partial charge < -0.3 is 9.47 Å². The van der Waals surface area contributed by atoms with Crippen molar-refractivity contribution >= 4 is 0 Å². The van der Waals surface area contributed by atoms with Gasteiger partial charge in [0.15, 0.2) is 0 Å². The van der Waals surface area contributed by atoms with Gasteiger partial charge in [0, 0.05) is 5.41 Å². The summed E-state index contributed by atoms with van der Waals surface area (Å²) < 4.78 is 12.2. The van der Waals surface area contributed by atoms with Crippen LogP contribution in [0.2, 0.25) is 0 Å². The van der Waals surface area contributed by atoms with Crippen LogP contribution in [0.1, 0.15) is 219 Å². The van der Waals surface area contributed by atoms with Gasteiger partial charge in [0.25, 0.3) is 0 Å². The normalized spacial score (nSPS) is 11.7. The van der Waals surface area contributed by atoms with Crippen LogP contribution in [-0.2, 0) is 5.41 Å². The second-order valence-corrected chi connectivity index (χ2v) is 15.6. The van der Waals surface area contributed by atoms with E-state index in [9.17, 15) is 0 Å². The second-order valence-electron chi connectivity index (χ2n) is 15.6. The van der Waals surface area contributed by atoms with Gasteiger partial charge in [-0.1, -0.05) is 219 Å². The Kier molecular flexibility index (Phi) is 26.2. The molecule has 0 saturated heterocycles. The van der Waals surface area contributed by atoms with Crippen molar-refractivity contribution in [3.8, 4) is 11.5 Å². The van der Waals surface area contributed by atoms with E-state index in [1.807, 2.05) is 0 Å². The fourth-order valence-corrected chi connectivity index (χ4v) is 7.08. The number of unbranched alkanes of at least 4 members (excludes halogenated alkanes) is 26. The van der Waals surface area contributed by atoms with E-state index < -0.39 is 0 Å². The number of ether oxygens (including phenoxy) is 2. The van der Waals surface area contributed by atoms with Gasteiger partial charge in [0.1, 0.15) is 11.5 Å². The van der Waals surface area contributed by atoms with Crippen LogP contribution in [0.25, 0.3) is 0 Å². The minimum Gasteiger partial charge on any atom is -0.494 e. The predicted molar refractivity (Wildman–Crippen MR) is 217 cm³/mol. The van der Waals surface area contributed by atoms with E-state index >= 15 is 0 Å². The lowest BCUT2D eigenvalue weighted by Crippen LogP contribution is -2.18. The molecule has 0 spiro atoms. The molecule has 0 aromatic heterocycles. The maximum atomic E-state index is 6.09. The van der Waals surface area contributed by atoms with Crippen molar-refractivity contribution in [2.24, 2.45) is 0 Å². The average molecular weight is 677 g/mol. The lowest BCUT2D eigenvalue weighted by Gasteiger charge is -2.26. The largest absolute Gasteiger partial charge is 0.494 e. The van der Waals surface area contributed by atoms with E-state index in [0.29, 0.717) is 0 Å². The Morgan fingerprint density at radius 2 is 0.551 bits per heavy atom. The molecule has 0 bridgehead atoms. The molecule has 0 N–H and O–H groups in total. The van der Waals surface area contributed by atoms with Crippen LogP contribution in [0.5, 0.6) is 11.5 Å². The average Bonchev–Trinajstić information content (AvgIpc) is 3.12. The molecule has 2 heteroatoms. The van der Waals surface area contributed by atoms with Crippen LogP contribution in [-0.4, -0.2) is 13.2 Å². The fraction of sp³-hybridized carbons (Fsp3) is 0.745. The van der Waals surface area contributed by atoms with Crippen molar-refractivity contribution in [2.75, 3.05) is 13.2 Å². The van der Waals surface area contributed by atoms with E-state index in [4.69, 9.17) is 9.47 Å². The van der Waals surface area contributed by atoms with Gasteiger partial charge in [-0.15, -0.1) is 0 Å². The molecule has 2 rings (SSSR count). The van der Waals surface area contributed by atoms with E-state index in [0.717, 1.165) is 37.6 Å². The van der Waals surface area contributed by atoms with Crippen molar-refractivity contribution in [3.05, 3.63) is 59.7 Å². The first kappa shape index (κ1) is 43.2. The summed E-state index contributed by atoms with van der Waals surface area (Å²) in [5.74, 6) is 1.97. The van der Waals surface area contributed by atoms with Gasteiger partial charge in [0.2, 0.25) is 0 Å². The summed E-state index contributed by atoms with van der Waals surface area (Å²) in [4.78, 5) is 0. The highest BCUT2D eigenvalue weighted by Crippen LogP contribution is 2.33. The molecule has 2 aromatic rings. The van der Waals surface area contributed by atoms with Crippen LogP contribution in [0, 0.1) is 0 Å². The van der Waals surface area contributed by atoms with Crippen molar-refractivity contribution in [1.29, 1.82) is 0 Å². The molecule has 0 radical (unpaired) electrons. The Bertz CT molecular complexity index is 897. The Morgan fingerprint density at radius 3 is 0.796 bits per heavy atom. The maximum Gasteiger partial charge on any atom is 0.119 e. The first-order chi connectivity index (χ1) is 24.1. The first-order valence-corrected chi connectivity index (χ1v) is 21.5. The topological polar surface area (TPSA) is 18.5 Å². The Hall–Kier alpha value is -1.96. The zero-order chi connectivity index (χ0) is 35.1. The number of hydrogen-bond acceptors (Lipinski definition) is 2. The minimum absolute atomic E-state index is 0.0691. The third-order valence-corrected chi connectivity index (χ3v) is 10.7. The van der Waals surface area contributed by atoms with Gasteiger partial charge >= 0.3 is 0 Å². The lowest BCUT2D eigenvalue weighted by molar-refractivity contribution is 0.304. The summed E-state index contributed by atoms with van der Waals surface area (Å²) >= 11 is 0. The fourth-order valence-electron chi connectivity index (χ4n) is 7.08. The molecule has 0 amide bonds. The van der Waals surface area contributed by atoms with Gasteiger partial charge in [-0.2, -0.15) is 0 Å². The van der Waals surface area contributed by atoms with Crippen molar-refractivity contribution in [1.82, 2.24) is 0 Å². The molecule has 280 valence electrons. The molecule has 2 nitrogen and oxygen atoms in total. The summed E-state index contributed by atoms with van der Waals surface area (Å²) in [6.45, 7) is 10.8. The van der Waals surface area contributed by atoms with E-state index in [2.05, 4.69) is 76.2 Å². The van der Waals surface area contributed by atoms with Gasteiger partial charge in [-0.05, 0) is 48.2 Å². The molecule has 49 heavy (non-hydrogen) atoms. The summed E-state index contributed by atoms with van der Waals surface area (Å²) in [7, 11) is 0. The van der Waals surface area contributed by atoms with Crippen LogP contribution < -0.4 is 9.47 Å². The zero-order valence-corrected chi connectivity index (χ0v) is 33.1. The monoisotopic (exact) mass is 677 g/mol. The summed E-state index contributed by atoms with van der Waals surface area (Å²) in [6.07, 6.45) is 38.8. The zero-order valence-electron chi connectivity index (χ0n) is 33.1. The Balaban J connectivity index is 1.49. The summed E-state index contributed by atoms with van der Waals surface area (Å²) in [5.41, 5.74) is 2.56. The predicted octanol–water partition coefficient (Wildman–Crippen LogP) is 15.7. The molecule has 0 aliphatic rings. The standard InChI is InChI=1S/C47H80O2/c1-5-7-9-11-13-15-17-19-21-23-25-27-29-31-41-48-45-37-33-43(34-38-45)47(3,4)44-35-39-46(40-36-44)49-42-32-30-28-26-24-22-20-18-16-14-12-10-8-6-2/h33-40H,5-32,41-42H2,1-4H3. The highest BCUT2D eigenvalue weighted by molar-refractivity contribution is 5.41. The molecule has 0 saturated carbocycles. The van der Waals surface area contributed by atoms with Crippen LogP contribution in [0.3, 0.4) is 0 Å². The van der Waals surface area contributed by atoms with Crippen LogP contribution in [0.15, 0.2) is 48.5 Å². The van der Waals surface area contributed by atoms with Gasteiger partial charge in [-0.25, -0.2) is 0 Å². The van der Waals surface area contributed by atoms with E-state index in [1.54, 1.807) is 0 Å². The molecular weight excluding hydrogens is 597 g/mol. The Morgan fingerprint density at radius 1 is 0.327 bits per heavy atom. The van der Waals surface area contributed by atoms with Crippen LogP contribution in [0.4, 0.5) is 0 Å². The molecule has 2 aromatic carbocycles. The van der Waals surface area contributed by atoms with E-state index in [1.165, 1.54) is 178 Å². The third kappa shape index (κ3) is 21.8. The van der Waals surface area contributed by atoms with Gasteiger partial charge in [0.05, 0.1) is 13.2 Å². The Labute approximate surface area is 305 Å². The number of hydrogen-bond donors (Lipinski definition) is 0. The van der Waals surface area contributed by atoms with Gasteiger partial charge in [-0.3, -0.25) is 0 Å². The SMILES string of the molecule is CCCCCCCCCCCCCCCCOc1ccc(C(C)(C)c2ccc(OCCCCCCCCCCCCCCCC)cc2)cc1. The first-order valence-electron chi connectivity index (χ1n) is 21.5. The molecule has 0 aliphatic heterocycles. The van der Waals surface area contributed by atoms with E-state index in [-0.39, 0.29) is 5.41 Å². The lowest BCUT2D eigenvalue weighted by atomic mass is 9.78. The summed E-state index contributed by atoms with van der Waals surface area (Å²) in [5, 5.41) is 0. The second kappa shape index (κ2) is 29.7. The third-order valence-electron chi connectivity index (χ3n) is 10.7. The number of benzene rings is 2. The molecular formula is C47H80O2. The molecule has 0 atom stereocenters. The maximum absolute atomic E-state index is 6.09. The van der Waals surface area contributed by atoms with Crippen LogP contribution >= 0.6 is 0 Å². The van der Waals surface area contributed by atoms with Crippen molar-refractivity contribution in [3.63, 3.8) is 0 Å². The quantitative estimate of drug-likeness (QED) is 0.0687. The highest BCUT2D eigenvalue weighted by atomic mass is 16.5. The summed E-state index contributed by atoms with van der Waals surface area (Å²) in [6, 6.07) is 17.5. The smallest absolute Gasteiger partial charge is 0.119 e. The van der Waals surface area contributed by atoms with Crippen molar-refractivity contribution in [2.45, 2.75) is 213 Å². The highest BCUT2D eigenvalue weighted by Gasteiger charge is 2.23.